The summed E-state index contributed by atoms with van der Waals surface area (Å²) in [5.74, 6) is 0. The number of hydrogen-bond acceptors (Lipinski definition) is 6. The topological polar surface area (TPSA) is 71.6 Å². The molecule has 0 unspecified atom stereocenters. The van der Waals surface area contributed by atoms with Crippen LogP contribution >= 0.6 is 0 Å². The maximum atomic E-state index is 12.4. The van der Waals surface area contributed by atoms with Gasteiger partial charge >= 0.3 is 12.2 Å². The predicted octanol–water partition coefficient (Wildman–Crippen LogP) is 5.38. The van der Waals surface area contributed by atoms with Crippen molar-refractivity contribution in [3.8, 4) is 11.1 Å². The number of likely N-dealkylation sites (tertiary alicyclic amines) is 1. The van der Waals surface area contributed by atoms with Crippen molar-refractivity contribution in [2.45, 2.75) is 71.5 Å². The Morgan fingerprint density at radius 2 is 1.44 bits per heavy atom. The van der Waals surface area contributed by atoms with Crippen molar-refractivity contribution < 1.29 is 23.8 Å². The standard InChI is InChI=1S/C31H41N3O5/c1-29(2,3)38-27(35)33-14-12-32(13-15-33)18-22-8-7-9-23(16-22)24-10-11-26-25(17-24)19-37-31(26)20-34(21-31)28(36)39-30(4,5)6/h7-11,16-17H,12-15,18-21H2,1-6H3. The molecule has 3 aliphatic heterocycles. The SMILES string of the molecule is CC(C)(C)OC(=O)N1CCN(Cc2cccc(-c3ccc4c(c3)COC43CN(C(=O)OC(C)(C)C)C3)c2)CC1. The monoisotopic (exact) mass is 535 g/mol. The van der Waals surface area contributed by atoms with Crippen LogP contribution in [0.15, 0.2) is 42.5 Å². The minimum absolute atomic E-state index is 0.231. The zero-order valence-electron chi connectivity index (χ0n) is 24.1. The number of piperazine rings is 1. The van der Waals surface area contributed by atoms with E-state index in [-0.39, 0.29) is 12.2 Å². The molecule has 210 valence electrons. The molecule has 5 rings (SSSR count). The number of carbonyl (C=O) groups is 2. The molecular weight excluding hydrogens is 494 g/mol. The van der Waals surface area contributed by atoms with Crippen LogP contribution in [-0.4, -0.2) is 77.4 Å². The average Bonchev–Trinajstić information content (AvgIpc) is 3.21. The molecule has 1 spiro atoms. The Morgan fingerprint density at radius 1 is 0.821 bits per heavy atom. The highest BCUT2D eigenvalue weighted by Gasteiger charge is 2.52. The molecule has 3 aliphatic rings. The van der Waals surface area contributed by atoms with Crippen LogP contribution in [0.2, 0.25) is 0 Å². The zero-order chi connectivity index (χ0) is 28.0. The van der Waals surface area contributed by atoms with Crippen LogP contribution in [0.1, 0.15) is 58.2 Å². The maximum absolute atomic E-state index is 12.4. The van der Waals surface area contributed by atoms with Crippen molar-refractivity contribution >= 4 is 12.2 Å². The van der Waals surface area contributed by atoms with Gasteiger partial charge in [-0.1, -0.05) is 30.3 Å². The van der Waals surface area contributed by atoms with E-state index >= 15 is 0 Å². The van der Waals surface area contributed by atoms with Crippen LogP contribution in [0.3, 0.4) is 0 Å². The lowest BCUT2D eigenvalue weighted by Gasteiger charge is -2.47. The van der Waals surface area contributed by atoms with Gasteiger partial charge in [-0.3, -0.25) is 4.90 Å². The van der Waals surface area contributed by atoms with Crippen molar-refractivity contribution in [2.24, 2.45) is 0 Å². The molecule has 0 atom stereocenters. The minimum atomic E-state index is -0.508. The van der Waals surface area contributed by atoms with Crippen LogP contribution in [0.5, 0.6) is 0 Å². The molecule has 0 aliphatic carbocycles. The fourth-order valence-corrected chi connectivity index (χ4v) is 5.44. The van der Waals surface area contributed by atoms with Gasteiger partial charge in [-0.25, -0.2) is 9.59 Å². The van der Waals surface area contributed by atoms with Crippen LogP contribution < -0.4 is 0 Å². The Kier molecular flexibility index (Phi) is 7.14. The third-order valence-electron chi connectivity index (χ3n) is 7.33. The van der Waals surface area contributed by atoms with Crippen LogP contribution in [0.25, 0.3) is 11.1 Å². The van der Waals surface area contributed by atoms with E-state index in [1.807, 2.05) is 41.5 Å². The summed E-state index contributed by atoms with van der Waals surface area (Å²) >= 11 is 0. The second-order valence-corrected chi connectivity index (χ2v) is 12.9. The lowest BCUT2D eigenvalue weighted by molar-refractivity contribution is -0.137. The quantitative estimate of drug-likeness (QED) is 0.525. The van der Waals surface area contributed by atoms with Crippen molar-refractivity contribution in [1.29, 1.82) is 0 Å². The fraction of sp³-hybridized carbons (Fsp3) is 0.548. The third kappa shape index (κ3) is 6.23. The first-order chi connectivity index (χ1) is 18.3. The summed E-state index contributed by atoms with van der Waals surface area (Å²) in [4.78, 5) is 30.7. The van der Waals surface area contributed by atoms with Crippen molar-refractivity contribution in [1.82, 2.24) is 14.7 Å². The van der Waals surface area contributed by atoms with E-state index in [9.17, 15) is 9.59 Å². The Hall–Kier alpha value is -3.10. The lowest BCUT2D eigenvalue weighted by Crippen LogP contribution is -2.61. The van der Waals surface area contributed by atoms with Gasteiger partial charge in [0.1, 0.15) is 16.8 Å². The van der Waals surface area contributed by atoms with Gasteiger partial charge in [-0.05, 0) is 81.5 Å². The van der Waals surface area contributed by atoms with Crippen LogP contribution in [-0.2, 0) is 33.0 Å². The number of benzene rings is 2. The summed E-state index contributed by atoms with van der Waals surface area (Å²) < 4.78 is 17.3. The van der Waals surface area contributed by atoms with Crippen LogP contribution in [0.4, 0.5) is 9.59 Å². The first kappa shape index (κ1) is 27.5. The highest BCUT2D eigenvalue weighted by atomic mass is 16.6. The molecule has 0 bridgehead atoms. The molecule has 0 saturated carbocycles. The Balaban J connectivity index is 1.19. The van der Waals surface area contributed by atoms with E-state index in [0.717, 1.165) is 25.2 Å². The number of amides is 2. The van der Waals surface area contributed by atoms with Gasteiger partial charge in [0.2, 0.25) is 0 Å². The molecule has 2 amide bonds. The number of hydrogen-bond donors (Lipinski definition) is 0. The highest BCUT2D eigenvalue weighted by molar-refractivity contribution is 5.71. The maximum Gasteiger partial charge on any atom is 0.410 e. The second-order valence-electron chi connectivity index (χ2n) is 12.9. The van der Waals surface area contributed by atoms with Crippen molar-refractivity contribution in [3.63, 3.8) is 0 Å². The number of ether oxygens (including phenoxy) is 3. The molecule has 2 aromatic rings. The van der Waals surface area contributed by atoms with E-state index in [2.05, 4.69) is 47.4 Å². The van der Waals surface area contributed by atoms with Crippen molar-refractivity contribution in [3.05, 3.63) is 59.2 Å². The molecule has 0 N–H and O–H groups in total. The normalized spacial score (nSPS) is 19.0. The minimum Gasteiger partial charge on any atom is -0.444 e. The molecule has 2 saturated heterocycles. The number of rotatable bonds is 3. The third-order valence-corrected chi connectivity index (χ3v) is 7.33. The van der Waals surface area contributed by atoms with Crippen LogP contribution in [0, 0.1) is 0 Å². The Morgan fingerprint density at radius 3 is 2.08 bits per heavy atom. The summed E-state index contributed by atoms with van der Waals surface area (Å²) in [5.41, 5.74) is 4.53. The smallest absolute Gasteiger partial charge is 0.410 e. The molecule has 2 fully saturated rings. The van der Waals surface area contributed by atoms with E-state index in [4.69, 9.17) is 14.2 Å². The second kappa shape index (κ2) is 10.1. The van der Waals surface area contributed by atoms with Crippen molar-refractivity contribution in [2.75, 3.05) is 39.3 Å². The summed E-state index contributed by atoms with van der Waals surface area (Å²) in [7, 11) is 0. The van der Waals surface area contributed by atoms with E-state index in [1.165, 1.54) is 22.3 Å². The highest BCUT2D eigenvalue weighted by Crippen LogP contribution is 2.45. The molecule has 0 aromatic heterocycles. The van der Waals surface area contributed by atoms with E-state index < -0.39 is 16.8 Å². The van der Waals surface area contributed by atoms with E-state index in [1.54, 1.807) is 9.80 Å². The van der Waals surface area contributed by atoms with Gasteiger partial charge in [0.25, 0.3) is 0 Å². The van der Waals surface area contributed by atoms with Gasteiger partial charge in [0, 0.05) is 32.7 Å². The number of nitrogens with zero attached hydrogens (tertiary/aromatic N) is 3. The molecule has 2 aromatic carbocycles. The predicted molar refractivity (Wildman–Crippen MR) is 149 cm³/mol. The molecule has 39 heavy (non-hydrogen) atoms. The summed E-state index contributed by atoms with van der Waals surface area (Å²) in [6, 6.07) is 15.2. The molecule has 8 nitrogen and oxygen atoms in total. The number of fused-ring (bicyclic) bond motifs is 2. The van der Waals surface area contributed by atoms with Gasteiger partial charge in [0.15, 0.2) is 0 Å². The summed E-state index contributed by atoms with van der Waals surface area (Å²) in [5, 5.41) is 0. The van der Waals surface area contributed by atoms with Gasteiger partial charge in [-0.2, -0.15) is 0 Å². The fourth-order valence-electron chi connectivity index (χ4n) is 5.44. The molecule has 3 heterocycles. The first-order valence-electron chi connectivity index (χ1n) is 13.9. The largest absolute Gasteiger partial charge is 0.444 e. The number of carbonyl (C=O) groups excluding carboxylic acids is 2. The molecular formula is C31H41N3O5. The van der Waals surface area contributed by atoms with Gasteiger partial charge in [-0.15, -0.1) is 0 Å². The van der Waals surface area contributed by atoms with E-state index in [0.29, 0.717) is 32.8 Å². The Labute approximate surface area is 231 Å². The summed E-state index contributed by atoms with van der Waals surface area (Å²) in [6.07, 6.45) is -0.518. The Bertz CT molecular complexity index is 1230. The molecule has 8 heteroatoms. The zero-order valence-corrected chi connectivity index (χ0v) is 24.1. The summed E-state index contributed by atoms with van der Waals surface area (Å²) in [6.45, 7) is 16.7. The van der Waals surface area contributed by atoms with Gasteiger partial charge in [0.05, 0.1) is 19.7 Å². The lowest BCUT2D eigenvalue weighted by atomic mass is 9.84. The van der Waals surface area contributed by atoms with Gasteiger partial charge < -0.3 is 24.0 Å². The first-order valence-corrected chi connectivity index (χ1v) is 13.9. The average molecular weight is 536 g/mol. The molecule has 0 radical (unpaired) electrons.